The van der Waals surface area contributed by atoms with Gasteiger partial charge in [0.15, 0.2) is 5.41 Å². The number of rotatable bonds is 8. The summed E-state index contributed by atoms with van der Waals surface area (Å²) in [5.41, 5.74) is -0.865. The molecule has 0 aliphatic rings. The van der Waals surface area contributed by atoms with E-state index in [-0.39, 0.29) is 13.2 Å². The highest BCUT2D eigenvalue weighted by Gasteiger charge is 2.46. The summed E-state index contributed by atoms with van der Waals surface area (Å²) in [6, 6.07) is 0. The molecule has 0 aromatic rings. The van der Waals surface area contributed by atoms with Gasteiger partial charge in [-0.3, -0.25) is 9.59 Å². The zero-order chi connectivity index (χ0) is 14.2. The number of esters is 2. The van der Waals surface area contributed by atoms with Gasteiger partial charge >= 0.3 is 11.9 Å². The van der Waals surface area contributed by atoms with E-state index in [1.807, 2.05) is 6.26 Å². The van der Waals surface area contributed by atoms with Gasteiger partial charge in [0.25, 0.3) is 0 Å². The van der Waals surface area contributed by atoms with E-state index in [9.17, 15) is 9.59 Å². The van der Waals surface area contributed by atoms with E-state index in [1.165, 1.54) is 6.92 Å². The fourth-order valence-corrected chi connectivity index (χ4v) is 1.85. The van der Waals surface area contributed by atoms with E-state index in [0.717, 1.165) is 5.75 Å². The second-order valence-corrected chi connectivity index (χ2v) is 4.90. The average Bonchev–Trinajstić information content (AvgIpc) is 2.35. The Morgan fingerprint density at radius 1 is 1.17 bits per heavy atom. The molecule has 0 aromatic heterocycles. The van der Waals surface area contributed by atoms with Crippen molar-refractivity contribution in [2.45, 2.75) is 27.2 Å². The molecule has 0 fully saturated rings. The molecule has 0 N–H and O–H groups in total. The molecule has 0 bridgehead atoms. The van der Waals surface area contributed by atoms with Gasteiger partial charge in [-0.25, -0.2) is 0 Å². The Labute approximate surface area is 113 Å². The van der Waals surface area contributed by atoms with Crippen molar-refractivity contribution in [3.8, 4) is 0 Å². The van der Waals surface area contributed by atoms with Crippen LogP contribution in [0.2, 0.25) is 0 Å². The fraction of sp³-hybridized carbons (Fsp3) is 0.692. The van der Waals surface area contributed by atoms with Gasteiger partial charge in [0.2, 0.25) is 0 Å². The minimum atomic E-state index is -1.40. The van der Waals surface area contributed by atoms with Gasteiger partial charge in [-0.1, -0.05) is 6.58 Å². The van der Waals surface area contributed by atoms with E-state index in [2.05, 4.69) is 6.58 Å². The lowest BCUT2D eigenvalue weighted by molar-refractivity contribution is -0.167. The highest BCUT2D eigenvalue weighted by atomic mass is 32.2. The van der Waals surface area contributed by atoms with Crippen molar-refractivity contribution in [2.75, 3.05) is 25.2 Å². The van der Waals surface area contributed by atoms with Gasteiger partial charge < -0.3 is 9.47 Å². The quantitative estimate of drug-likeness (QED) is 0.386. The maximum atomic E-state index is 12.0. The van der Waals surface area contributed by atoms with Crippen LogP contribution in [-0.2, 0) is 19.1 Å². The van der Waals surface area contributed by atoms with Crippen LogP contribution in [0.15, 0.2) is 12.2 Å². The SMILES string of the molecule is C=C(CCSC)C(C)(C(=O)OCC)C(=O)OCC. The number of carbonyl (C=O) groups is 2. The third kappa shape index (κ3) is 4.05. The molecule has 5 heteroatoms. The third-order valence-corrected chi connectivity index (χ3v) is 3.29. The molecule has 0 aliphatic carbocycles. The van der Waals surface area contributed by atoms with Crippen molar-refractivity contribution in [1.82, 2.24) is 0 Å². The van der Waals surface area contributed by atoms with E-state index < -0.39 is 17.4 Å². The van der Waals surface area contributed by atoms with Crippen molar-refractivity contribution >= 4 is 23.7 Å². The van der Waals surface area contributed by atoms with Crippen LogP contribution in [0.5, 0.6) is 0 Å². The molecule has 0 aromatic carbocycles. The summed E-state index contributed by atoms with van der Waals surface area (Å²) in [6.45, 7) is 9.23. The summed E-state index contributed by atoms with van der Waals surface area (Å²) in [6.07, 6.45) is 2.54. The first kappa shape index (κ1) is 17.0. The van der Waals surface area contributed by atoms with Gasteiger partial charge in [0.05, 0.1) is 13.2 Å². The van der Waals surface area contributed by atoms with Crippen LogP contribution in [0.4, 0.5) is 0 Å². The maximum absolute atomic E-state index is 12.0. The van der Waals surface area contributed by atoms with Crippen LogP contribution in [0.1, 0.15) is 27.2 Å². The summed E-state index contributed by atoms with van der Waals surface area (Å²) in [5.74, 6) is -0.378. The molecule has 0 saturated carbocycles. The maximum Gasteiger partial charge on any atom is 0.327 e. The van der Waals surface area contributed by atoms with Crippen LogP contribution >= 0.6 is 11.8 Å². The Hall–Kier alpha value is -0.970. The lowest BCUT2D eigenvalue weighted by Gasteiger charge is -2.27. The van der Waals surface area contributed by atoms with E-state index in [1.54, 1.807) is 25.6 Å². The summed E-state index contributed by atoms with van der Waals surface area (Å²) in [5, 5.41) is 0. The molecule has 0 amide bonds. The fourth-order valence-electron chi connectivity index (χ4n) is 1.40. The van der Waals surface area contributed by atoms with Crippen molar-refractivity contribution in [1.29, 1.82) is 0 Å². The predicted octanol–water partition coefficient (Wildman–Crippen LogP) is 2.43. The zero-order valence-corrected chi connectivity index (χ0v) is 12.4. The molecule has 104 valence electrons. The molecule has 0 radical (unpaired) electrons. The lowest BCUT2D eigenvalue weighted by Crippen LogP contribution is -2.41. The first-order valence-corrected chi connectivity index (χ1v) is 7.36. The highest BCUT2D eigenvalue weighted by molar-refractivity contribution is 7.98. The van der Waals surface area contributed by atoms with Crippen LogP contribution in [0, 0.1) is 5.41 Å². The first-order valence-electron chi connectivity index (χ1n) is 5.96. The predicted molar refractivity (Wildman–Crippen MR) is 73.5 cm³/mol. The second kappa shape index (κ2) is 8.19. The zero-order valence-electron chi connectivity index (χ0n) is 11.6. The summed E-state index contributed by atoms with van der Waals surface area (Å²) in [4.78, 5) is 24.0. The molecule has 0 atom stereocenters. The van der Waals surface area contributed by atoms with Crippen LogP contribution in [-0.4, -0.2) is 37.2 Å². The Balaban J connectivity index is 5.07. The van der Waals surface area contributed by atoms with Crippen LogP contribution in [0.3, 0.4) is 0 Å². The number of hydrogen-bond acceptors (Lipinski definition) is 5. The van der Waals surface area contributed by atoms with E-state index in [0.29, 0.717) is 12.0 Å². The smallest absolute Gasteiger partial charge is 0.327 e. The first-order chi connectivity index (χ1) is 8.44. The van der Waals surface area contributed by atoms with Gasteiger partial charge in [-0.2, -0.15) is 11.8 Å². The summed E-state index contributed by atoms with van der Waals surface area (Å²) in [7, 11) is 0. The lowest BCUT2D eigenvalue weighted by atomic mass is 9.81. The number of hydrogen-bond donors (Lipinski definition) is 0. The van der Waals surface area contributed by atoms with Gasteiger partial charge in [0, 0.05) is 0 Å². The molecular weight excluding hydrogens is 252 g/mol. The Morgan fingerprint density at radius 2 is 1.61 bits per heavy atom. The molecule has 0 rings (SSSR count). The molecular formula is C13H22O4S. The molecule has 0 unspecified atom stereocenters. The second-order valence-electron chi connectivity index (χ2n) is 3.91. The van der Waals surface area contributed by atoms with Gasteiger partial charge in [0.1, 0.15) is 0 Å². The molecule has 0 heterocycles. The third-order valence-electron chi connectivity index (χ3n) is 2.68. The number of carbonyl (C=O) groups excluding carboxylic acids is 2. The van der Waals surface area contributed by atoms with E-state index >= 15 is 0 Å². The normalized spacial score (nSPS) is 10.9. The number of thioether (sulfide) groups is 1. The van der Waals surface area contributed by atoms with Crippen LogP contribution in [0.25, 0.3) is 0 Å². The topological polar surface area (TPSA) is 52.6 Å². The molecule has 0 saturated heterocycles. The standard InChI is InChI=1S/C13H22O4S/c1-6-16-11(14)13(4,12(15)17-7-2)10(3)8-9-18-5/h3,6-9H2,1-2,4-5H3. The Kier molecular flexibility index (Phi) is 7.75. The highest BCUT2D eigenvalue weighted by Crippen LogP contribution is 2.32. The Morgan fingerprint density at radius 3 is 1.94 bits per heavy atom. The minimum absolute atomic E-state index is 0.226. The van der Waals surface area contributed by atoms with Gasteiger partial charge in [-0.15, -0.1) is 0 Å². The van der Waals surface area contributed by atoms with Crippen molar-refractivity contribution in [2.24, 2.45) is 5.41 Å². The molecule has 4 nitrogen and oxygen atoms in total. The van der Waals surface area contributed by atoms with E-state index in [4.69, 9.17) is 9.47 Å². The van der Waals surface area contributed by atoms with Crippen molar-refractivity contribution < 1.29 is 19.1 Å². The molecule has 18 heavy (non-hydrogen) atoms. The molecule has 0 spiro atoms. The minimum Gasteiger partial charge on any atom is -0.465 e. The van der Waals surface area contributed by atoms with Crippen molar-refractivity contribution in [3.05, 3.63) is 12.2 Å². The van der Waals surface area contributed by atoms with Crippen molar-refractivity contribution in [3.63, 3.8) is 0 Å². The Bertz CT molecular complexity index is 294. The summed E-state index contributed by atoms with van der Waals surface area (Å²) >= 11 is 1.63. The summed E-state index contributed by atoms with van der Waals surface area (Å²) < 4.78 is 9.94. The van der Waals surface area contributed by atoms with Gasteiger partial charge in [-0.05, 0) is 44.8 Å². The monoisotopic (exact) mass is 274 g/mol. The van der Waals surface area contributed by atoms with Crippen LogP contribution < -0.4 is 0 Å². The average molecular weight is 274 g/mol. The largest absolute Gasteiger partial charge is 0.465 e. The molecule has 0 aliphatic heterocycles. The number of ether oxygens (including phenoxy) is 2.